The summed E-state index contributed by atoms with van der Waals surface area (Å²) in [6.07, 6.45) is 4.00. The van der Waals surface area contributed by atoms with Gasteiger partial charge in [0.2, 0.25) is 5.91 Å². The van der Waals surface area contributed by atoms with Crippen molar-refractivity contribution in [2.45, 2.75) is 56.9 Å². The quantitative estimate of drug-likeness (QED) is 0.368. The van der Waals surface area contributed by atoms with Gasteiger partial charge in [-0.1, -0.05) is 44.2 Å². The van der Waals surface area contributed by atoms with E-state index in [0.29, 0.717) is 23.6 Å². The molecule has 9 heteroatoms. The van der Waals surface area contributed by atoms with Gasteiger partial charge in [0.1, 0.15) is 24.2 Å². The van der Waals surface area contributed by atoms with Crippen LogP contribution < -0.4 is 4.90 Å². The number of esters is 1. The van der Waals surface area contributed by atoms with E-state index >= 15 is 0 Å². The fraction of sp³-hybridized carbons (Fsp3) is 0.536. The zero-order chi connectivity index (χ0) is 27.1. The smallest absolute Gasteiger partial charge is 0.313 e. The van der Waals surface area contributed by atoms with Crippen LogP contribution in [-0.4, -0.2) is 70.8 Å². The SMILES string of the molecule is C=CCOC(=O)[C@@H]1[C@H]2C(=O)N([C@@H](CO)C(C)C)C(C(=O)N(CC=C)c3ccc(Cl)cc3)C23CC[C@@]1(C)O3. The van der Waals surface area contributed by atoms with E-state index < -0.39 is 41.1 Å². The molecular formula is C28H35ClN2O6. The van der Waals surface area contributed by atoms with Crippen molar-refractivity contribution < 1.29 is 29.0 Å². The molecule has 4 rings (SSSR count). The zero-order valence-electron chi connectivity index (χ0n) is 21.6. The maximum absolute atomic E-state index is 14.5. The molecule has 0 radical (unpaired) electrons. The van der Waals surface area contributed by atoms with Gasteiger partial charge in [-0.2, -0.15) is 0 Å². The van der Waals surface area contributed by atoms with Crippen LogP contribution in [0.4, 0.5) is 5.69 Å². The van der Waals surface area contributed by atoms with E-state index in [-0.39, 0.29) is 37.5 Å². The molecule has 200 valence electrons. The summed E-state index contributed by atoms with van der Waals surface area (Å²) in [5.74, 6) is -3.20. The molecule has 2 unspecified atom stereocenters. The molecule has 3 aliphatic rings. The molecule has 1 aromatic carbocycles. The van der Waals surface area contributed by atoms with Crippen LogP contribution in [0.15, 0.2) is 49.6 Å². The number of carbonyl (C=O) groups excluding carboxylic acids is 3. The number of ether oxygens (including phenoxy) is 2. The molecule has 3 saturated heterocycles. The van der Waals surface area contributed by atoms with Gasteiger partial charge >= 0.3 is 5.97 Å². The number of anilines is 1. The summed E-state index contributed by atoms with van der Waals surface area (Å²) in [5, 5.41) is 10.9. The van der Waals surface area contributed by atoms with Gasteiger partial charge in [-0.05, 0) is 49.9 Å². The van der Waals surface area contributed by atoms with E-state index in [9.17, 15) is 19.5 Å². The molecule has 1 N–H and O–H groups in total. The summed E-state index contributed by atoms with van der Waals surface area (Å²) in [7, 11) is 0. The Labute approximate surface area is 222 Å². The van der Waals surface area contributed by atoms with Gasteiger partial charge in [0.15, 0.2) is 0 Å². The van der Waals surface area contributed by atoms with E-state index in [1.165, 1.54) is 11.0 Å². The minimum Gasteiger partial charge on any atom is -0.461 e. The number of fused-ring (bicyclic) bond motifs is 1. The van der Waals surface area contributed by atoms with Crippen LogP contribution in [0.1, 0.15) is 33.6 Å². The van der Waals surface area contributed by atoms with Crippen LogP contribution in [0, 0.1) is 17.8 Å². The number of hydrogen-bond acceptors (Lipinski definition) is 6. The predicted molar refractivity (Wildman–Crippen MR) is 140 cm³/mol. The Kier molecular flexibility index (Phi) is 7.57. The van der Waals surface area contributed by atoms with Crippen LogP contribution >= 0.6 is 11.6 Å². The minimum absolute atomic E-state index is 0.0142. The zero-order valence-corrected chi connectivity index (χ0v) is 22.3. The van der Waals surface area contributed by atoms with E-state index in [2.05, 4.69) is 13.2 Å². The lowest BCUT2D eigenvalue weighted by Crippen LogP contribution is -2.60. The maximum atomic E-state index is 14.5. The van der Waals surface area contributed by atoms with Gasteiger partial charge in [0, 0.05) is 17.3 Å². The minimum atomic E-state index is -1.23. The van der Waals surface area contributed by atoms with Gasteiger partial charge in [-0.3, -0.25) is 14.4 Å². The van der Waals surface area contributed by atoms with Gasteiger partial charge in [-0.15, -0.1) is 6.58 Å². The molecule has 3 heterocycles. The highest BCUT2D eigenvalue weighted by Gasteiger charge is 2.79. The van der Waals surface area contributed by atoms with Crippen molar-refractivity contribution in [3.8, 4) is 0 Å². The van der Waals surface area contributed by atoms with Crippen molar-refractivity contribution in [2.75, 3.05) is 24.7 Å². The average molecular weight is 531 g/mol. The Balaban J connectivity index is 1.84. The largest absolute Gasteiger partial charge is 0.461 e. The summed E-state index contributed by atoms with van der Waals surface area (Å²) >= 11 is 6.08. The van der Waals surface area contributed by atoms with Crippen molar-refractivity contribution >= 4 is 35.1 Å². The fourth-order valence-electron chi connectivity index (χ4n) is 6.43. The highest BCUT2D eigenvalue weighted by Crippen LogP contribution is 2.64. The molecule has 2 amide bonds. The molecule has 1 aromatic rings. The number of aliphatic hydroxyl groups excluding tert-OH is 1. The van der Waals surface area contributed by atoms with Crippen molar-refractivity contribution in [3.63, 3.8) is 0 Å². The monoisotopic (exact) mass is 530 g/mol. The fourth-order valence-corrected chi connectivity index (χ4v) is 6.56. The molecular weight excluding hydrogens is 496 g/mol. The normalized spacial score (nSPS) is 30.8. The highest BCUT2D eigenvalue weighted by molar-refractivity contribution is 6.30. The summed E-state index contributed by atoms with van der Waals surface area (Å²) in [6, 6.07) is 5.16. The Morgan fingerprint density at radius 2 is 1.95 bits per heavy atom. The Bertz CT molecular complexity index is 1090. The molecule has 37 heavy (non-hydrogen) atoms. The molecule has 0 saturated carbocycles. The molecule has 3 fully saturated rings. The van der Waals surface area contributed by atoms with Crippen molar-refractivity contribution in [2.24, 2.45) is 17.8 Å². The third-order valence-electron chi connectivity index (χ3n) is 8.08. The lowest BCUT2D eigenvalue weighted by molar-refractivity contribution is -0.160. The molecule has 2 bridgehead atoms. The lowest BCUT2D eigenvalue weighted by atomic mass is 9.66. The standard InChI is InChI=1S/C28H35ClN2O6/c1-6-14-30(19-10-8-18(29)9-11-19)25(34)23-28-13-12-27(5,37-28)22(26(35)36-15-7-2)21(28)24(33)31(23)20(16-32)17(3)4/h6-11,17,20-23,32H,1-2,12-16H2,3-5H3/t20-,21-,22-,23?,27+,28?/m0/s1. The van der Waals surface area contributed by atoms with Crippen molar-refractivity contribution in [3.05, 3.63) is 54.6 Å². The number of likely N-dealkylation sites (tertiary alicyclic amines) is 1. The van der Waals surface area contributed by atoms with E-state index in [1.807, 2.05) is 20.8 Å². The molecule has 0 aromatic heterocycles. The first-order valence-corrected chi connectivity index (χ1v) is 13.0. The second-order valence-electron chi connectivity index (χ2n) is 10.6. The number of benzene rings is 1. The third-order valence-corrected chi connectivity index (χ3v) is 8.33. The maximum Gasteiger partial charge on any atom is 0.313 e. The molecule has 1 spiro atoms. The topological polar surface area (TPSA) is 96.4 Å². The second-order valence-corrected chi connectivity index (χ2v) is 11.0. The summed E-state index contributed by atoms with van der Waals surface area (Å²) in [4.78, 5) is 44.9. The second kappa shape index (κ2) is 10.2. The first-order valence-electron chi connectivity index (χ1n) is 12.6. The highest BCUT2D eigenvalue weighted by atomic mass is 35.5. The van der Waals surface area contributed by atoms with Crippen LogP contribution in [-0.2, 0) is 23.9 Å². The third kappa shape index (κ3) is 4.29. The number of aliphatic hydroxyl groups is 1. The van der Waals surface area contributed by atoms with E-state index in [4.69, 9.17) is 21.1 Å². The molecule has 0 aliphatic carbocycles. The van der Waals surface area contributed by atoms with Crippen molar-refractivity contribution in [1.82, 2.24) is 4.90 Å². The van der Waals surface area contributed by atoms with Crippen molar-refractivity contribution in [1.29, 1.82) is 0 Å². The Morgan fingerprint density at radius 3 is 2.51 bits per heavy atom. The number of hydrogen-bond donors (Lipinski definition) is 1. The summed E-state index contributed by atoms with van der Waals surface area (Å²) in [5.41, 5.74) is -1.58. The number of amides is 2. The van der Waals surface area contributed by atoms with Crippen LogP contribution in [0.2, 0.25) is 5.02 Å². The Morgan fingerprint density at radius 1 is 1.27 bits per heavy atom. The number of nitrogens with zero attached hydrogens (tertiary/aromatic N) is 2. The molecule has 8 nitrogen and oxygen atoms in total. The summed E-state index contributed by atoms with van der Waals surface area (Å²) < 4.78 is 12.0. The van der Waals surface area contributed by atoms with Gasteiger partial charge in [0.05, 0.1) is 24.2 Å². The van der Waals surface area contributed by atoms with Crippen LogP contribution in [0.3, 0.4) is 0 Å². The number of halogens is 1. The first kappa shape index (κ1) is 27.4. The van der Waals surface area contributed by atoms with Gasteiger partial charge in [0.25, 0.3) is 5.91 Å². The average Bonchev–Trinajstić information content (AvgIpc) is 3.43. The number of carbonyl (C=O) groups is 3. The van der Waals surface area contributed by atoms with E-state index in [0.717, 1.165) is 0 Å². The van der Waals surface area contributed by atoms with Gasteiger partial charge in [-0.25, -0.2) is 0 Å². The molecule has 3 aliphatic heterocycles. The van der Waals surface area contributed by atoms with Crippen LogP contribution in [0.25, 0.3) is 0 Å². The lowest BCUT2D eigenvalue weighted by Gasteiger charge is -2.40. The van der Waals surface area contributed by atoms with E-state index in [1.54, 1.807) is 35.2 Å². The number of rotatable bonds is 10. The first-order chi connectivity index (χ1) is 17.6. The summed E-state index contributed by atoms with van der Waals surface area (Å²) in [6.45, 7) is 12.9. The predicted octanol–water partition coefficient (Wildman–Crippen LogP) is 3.37. The van der Waals surface area contributed by atoms with Gasteiger partial charge < -0.3 is 24.4 Å². The molecule has 6 atom stereocenters. The Hall–Kier alpha value is -2.68. The van der Waals surface area contributed by atoms with Crippen LogP contribution in [0.5, 0.6) is 0 Å².